The van der Waals surface area contributed by atoms with Crippen LogP contribution in [0.1, 0.15) is 28.8 Å². The van der Waals surface area contributed by atoms with Crippen molar-refractivity contribution in [2.75, 3.05) is 19.7 Å². The zero-order valence-corrected chi connectivity index (χ0v) is 16.8. The maximum absolute atomic E-state index is 13.4. The predicted octanol–water partition coefficient (Wildman–Crippen LogP) is 3.92. The molecule has 3 aromatic rings. The van der Waals surface area contributed by atoms with Crippen molar-refractivity contribution >= 4 is 5.91 Å². The van der Waals surface area contributed by atoms with Gasteiger partial charge in [0.15, 0.2) is 0 Å². The lowest BCUT2D eigenvalue weighted by Crippen LogP contribution is -2.41. The normalized spacial score (nSPS) is 16.3. The molecule has 2 aromatic heterocycles. The van der Waals surface area contributed by atoms with Crippen LogP contribution < -0.4 is 4.74 Å². The minimum atomic E-state index is -0.395. The fourth-order valence-electron chi connectivity index (χ4n) is 3.70. The van der Waals surface area contributed by atoms with E-state index >= 15 is 0 Å². The number of rotatable bonds is 5. The summed E-state index contributed by atoms with van der Waals surface area (Å²) in [5, 5.41) is 0. The Morgan fingerprint density at radius 1 is 1.20 bits per heavy atom. The average molecular weight is 406 g/mol. The van der Waals surface area contributed by atoms with Gasteiger partial charge in [0.2, 0.25) is 5.88 Å². The third-order valence-corrected chi connectivity index (χ3v) is 5.22. The van der Waals surface area contributed by atoms with Gasteiger partial charge in [-0.15, -0.1) is 0 Å². The molecule has 1 fully saturated rings. The number of aromatic nitrogens is 3. The lowest BCUT2D eigenvalue weighted by Gasteiger charge is -2.33. The molecule has 3 heterocycles. The minimum absolute atomic E-state index is 0.0102. The van der Waals surface area contributed by atoms with Crippen LogP contribution in [0.4, 0.5) is 4.39 Å². The van der Waals surface area contributed by atoms with Crippen LogP contribution in [-0.4, -0.2) is 45.5 Å². The molecule has 4 rings (SSSR count). The van der Waals surface area contributed by atoms with Crippen LogP contribution in [0.3, 0.4) is 0 Å². The van der Waals surface area contributed by atoms with Crippen molar-refractivity contribution < 1.29 is 13.9 Å². The molecule has 0 spiro atoms. The molecule has 0 N–H and O–H groups in total. The number of aryl methyl sites for hydroxylation is 1. The van der Waals surface area contributed by atoms with Crippen molar-refractivity contribution in [3.8, 4) is 17.1 Å². The van der Waals surface area contributed by atoms with E-state index in [0.29, 0.717) is 36.8 Å². The van der Waals surface area contributed by atoms with Gasteiger partial charge in [0, 0.05) is 48.6 Å². The highest BCUT2D eigenvalue weighted by molar-refractivity contribution is 6.00. The maximum Gasteiger partial charge on any atom is 0.254 e. The Kier molecular flexibility index (Phi) is 5.97. The molecule has 0 aliphatic carbocycles. The summed E-state index contributed by atoms with van der Waals surface area (Å²) < 4.78 is 18.7. The molecule has 0 saturated carbocycles. The van der Waals surface area contributed by atoms with E-state index in [1.165, 1.54) is 12.1 Å². The van der Waals surface area contributed by atoms with Crippen molar-refractivity contribution in [1.82, 2.24) is 19.9 Å². The van der Waals surface area contributed by atoms with Crippen LogP contribution >= 0.6 is 0 Å². The van der Waals surface area contributed by atoms with E-state index in [4.69, 9.17) is 4.74 Å². The summed E-state index contributed by atoms with van der Waals surface area (Å²) >= 11 is 0. The summed E-state index contributed by atoms with van der Waals surface area (Å²) in [5.41, 5.74) is 3.12. The molecule has 1 amide bonds. The SMILES string of the molecule is Cc1ccc(-c2cnccn2)c(C(=O)N2CCCC(COc3ccc(F)cn3)C2)c1. The van der Waals surface area contributed by atoms with Gasteiger partial charge < -0.3 is 9.64 Å². The number of carbonyl (C=O) groups excluding carboxylic acids is 1. The van der Waals surface area contributed by atoms with E-state index in [-0.39, 0.29) is 11.8 Å². The van der Waals surface area contributed by atoms with E-state index in [1.54, 1.807) is 18.6 Å². The lowest BCUT2D eigenvalue weighted by atomic mass is 9.96. The second-order valence-electron chi connectivity index (χ2n) is 7.52. The van der Waals surface area contributed by atoms with Gasteiger partial charge in [-0.3, -0.25) is 14.8 Å². The van der Waals surface area contributed by atoms with Crippen molar-refractivity contribution in [2.24, 2.45) is 5.92 Å². The highest BCUT2D eigenvalue weighted by Gasteiger charge is 2.27. The number of pyridine rings is 1. The highest BCUT2D eigenvalue weighted by Crippen LogP contribution is 2.26. The van der Waals surface area contributed by atoms with Crippen molar-refractivity contribution in [3.63, 3.8) is 0 Å². The third-order valence-electron chi connectivity index (χ3n) is 5.22. The monoisotopic (exact) mass is 406 g/mol. The van der Waals surface area contributed by atoms with Crippen LogP contribution in [0.5, 0.6) is 5.88 Å². The Morgan fingerprint density at radius 2 is 2.10 bits per heavy atom. The van der Waals surface area contributed by atoms with E-state index in [1.807, 2.05) is 30.0 Å². The first-order valence-corrected chi connectivity index (χ1v) is 10.0. The molecule has 6 nitrogen and oxygen atoms in total. The molecule has 30 heavy (non-hydrogen) atoms. The number of likely N-dealkylation sites (tertiary alicyclic amines) is 1. The van der Waals surface area contributed by atoms with Gasteiger partial charge in [-0.25, -0.2) is 9.37 Å². The number of piperidine rings is 1. The standard InChI is InChI=1S/C23H23FN4O2/c1-16-4-6-19(21-13-25-8-9-26-21)20(11-16)23(29)28-10-2-3-17(14-28)15-30-22-7-5-18(24)12-27-22/h4-9,11-13,17H,2-3,10,14-15H2,1H3. The lowest BCUT2D eigenvalue weighted by molar-refractivity contribution is 0.0632. The summed E-state index contributed by atoms with van der Waals surface area (Å²) in [6.07, 6.45) is 7.92. The minimum Gasteiger partial charge on any atom is -0.477 e. The van der Waals surface area contributed by atoms with Gasteiger partial charge in [-0.2, -0.15) is 0 Å². The Morgan fingerprint density at radius 3 is 2.87 bits per heavy atom. The number of amides is 1. The third kappa shape index (κ3) is 4.62. The van der Waals surface area contributed by atoms with Gasteiger partial charge in [0.25, 0.3) is 5.91 Å². The van der Waals surface area contributed by atoms with Gasteiger partial charge in [-0.05, 0) is 31.9 Å². The Hall–Kier alpha value is -3.35. The first kappa shape index (κ1) is 19.9. The number of hydrogen-bond donors (Lipinski definition) is 0. The molecule has 0 radical (unpaired) electrons. The molecular formula is C23H23FN4O2. The molecule has 1 aliphatic rings. The Bertz CT molecular complexity index is 1010. The van der Waals surface area contributed by atoms with Gasteiger partial charge >= 0.3 is 0 Å². The molecule has 1 saturated heterocycles. The summed E-state index contributed by atoms with van der Waals surface area (Å²) in [4.78, 5) is 27.7. The largest absolute Gasteiger partial charge is 0.477 e. The van der Waals surface area contributed by atoms with E-state index in [0.717, 1.165) is 30.2 Å². The number of ether oxygens (including phenoxy) is 1. The quantitative estimate of drug-likeness (QED) is 0.643. The van der Waals surface area contributed by atoms with Gasteiger partial charge in [-0.1, -0.05) is 17.7 Å². The van der Waals surface area contributed by atoms with Gasteiger partial charge in [0.1, 0.15) is 5.82 Å². The number of carbonyl (C=O) groups is 1. The summed E-state index contributed by atoms with van der Waals surface area (Å²) in [7, 11) is 0. The first-order chi connectivity index (χ1) is 14.6. The number of hydrogen-bond acceptors (Lipinski definition) is 5. The topological polar surface area (TPSA) is 68.2 Å². The second kappa shape index (κ2) is 8.98. The fourth-order valence-corrected chi connectivity index (χ4v) is 3.70. The van der Waals surface area contributed by atoms with Crippen molar-refractivity contribution in [3.05, 3.63) is 72.1 Å². The van der Waals surface area contributed by atoms with Crippen LogP contribution in [0.25, 0.3) is 11.3 Å². The average Bonchev–Trinajstić information content (AvgIpc) is 2.79. The summed E-state index contributed by atoms with van der Waals surface area (Å²) in [5.74, 6) is 0.181. The molecule has 7 heteroatoms. The Labute approximate surface area is 174 Å². The molecule has 0 bridgehead atoms. The molecule has 1 atom stereocenters. The van der Waals surface area contributed by atoms with Crippen LogP contribution in [0, 0.1) is 18.7 Å². The van der Waals surface area contributed by atoms with Gasteiger partial charge in [0.05, 0.1) is 24.7 Å². The van der Waals surface area contributed by atoms with Crippen LogP contribution in [0.2, 0.25) is 0 Å². The number of nitrogens with zero attached hydrogens (tertiary/aromatic N) is 4. The van der Waals surface area contributed by atoms with Crippen LogP contribution in [0.15, 0.2) is 55.1 Å². The smallest absolute Gasteiger partial charge is 0.254 e. The van der Waals surface area contributed by atoms with E-state index in [9.17, 15) is 9.18 Å². The van der Waals surface area contributed by atoms with Crippen molar-refractivity contribution in [2.45, 2.75) is 19.8 Å². The molecule has 1 aliphatic heterocycles. The fraction of sp³-hybridized carbons (Fsp3) is 0.304. The van der Waals surface area contributed by atoms with Crippen molar-refractivity contribution in [1.29, 1.82) is 0 Å². The zero-order valence-electron chi connectivity index (χ0n) is 16.8. The maximum atomic E-state index is 13.4. The number of benzene rings is 1. The summed E-state index contributed by atoms with van der Waals surface area (Å²) in [6.45, 7) is 3.72. The second-order valence-corrected chi connectivity index (χ2v) is 7.52. The van der Waals surface area contributed by atoms with Crippen LogP contribution in [-0.2, 0) is 0 Å². The number of halogens is 1. The molecule has 154 valence electrons. The zero-order chi connectivity index (χ0) is 20.9. The van der Waals surface area contributed by atoms with E-state index in [2.05, 4.69) is 15.0 Å². The summed E-state index contributed by atoms with van der Waals surface area (Å²) in [6, 6.07) is 8.65. The molecular weight excluding hydrogens is 383 g/mol. The first-order valence-electron chi connectivity index (χ1n) is 10.0. The molecule has 1 unspecified atom stereocenters. The Balaban J connectivity index is 1.48. The van der Waals surface area contributed by atoms with E-state index < -0.39 is 5.82 Å². The highest BCUT2D eigenvalue weighted by atomic mass is 19.1. The predicted molar refractivity (Wildman–Crippen MR) is 111 cm³/mol. The molecule has 1 aromatic carbocycles.